The molecule has 0 aliphatic carbocycles. The fourth-order valence-corrected chi connectivity index (χ4v) is 2.97. The molecule has 90 valence electrons. The summed E-state index contributed by atoms with van der Waals surface area (Å²) in [7, 11) is 1.58. The predicted molar refractivity (Wildman–Crippen MR) is 74.1 cm³/mol. The van der Waals surface area contributed by atoms with Gasteiger partial charge in [0.25, 0.3) is 0 Å². The minimum atomic E-state index is -0.712. The molecular weight excluding hydrogens is 324 g/mol. The van der Waals surface area contributed by atoms with Gasteiger partial charge in [-0.1, -0.05) is 17.7 Å². The molecule has 0 saturated carbocycles. The zero-order valence-corrected chi connectivity index (χ0v) is 12.1. The second-order valence-corrected chi connectivity index (χ2v) is 6.17. The van der Waals surface area contributed by atoms with Gasteiger partial charge in [0.05, 0.1) is 15.9 Å². The molecule has 1 unspecified atom stereocenters. The fourth-order valence-electron chi connectivity index (χ4n) is 1.50. The van der Waals surface area contributed by atoms with Crippen LogP contribution in [0.1, 0.15) is 17.2 Å². The number of aliphatic hydroxyl groups excluding tert-OH is 1. The lowest BCUT2D eigenvalue weighted by molar-refractivity contribution is 0.221. The lowest BCUT2D eigenvalue weighted by Crippen LogP contribution is -1.99. The van der Waals surface area contributed by atoms with Crippen LogP contribution in [0.15, 0.2) is 33.4 Å². The van der Waals surface area contributed by atoms with Gasteiger partial charge in [-0.2, -0.15) is 0 Å². The molecule has 2 nitrogen and oxygen atoms in total. The molecule has 1 heterocycles. The lowest BCUT2D eigenvalue weighted by Gasteiger charge is -2.12. The van der Waals surface area contributed by atoms with Crippen LogP contribution in [0.25, 0.3) is 0 Å². The van der Waals surface area contributed by atoms with Crippen LogP contribution in [0.4, 0.5) is 0 Å². The van der Waals surface area contributed by atoms with Crippen LogP contribution >= 0.6 is 38.9 Å². The Hall–Kier alpha value is -0.550. The summed E-state index contributed by atoms with van der Waals surface area (Å²) >= 11 is 11.0. The van der Waals surface area contributed by atoms with Gasteiger partial charge in [0.15, 0.2) is 0 Å². The molecule has 0 aliphatic heterocycles. The zero-order chi connectivity index (χ0) is 12.4. The van der Waals surface area contributed by atoms with Crippen LogP contribution in [0.3, 0.4) is 0 Å². The number of benzene rings is 1. The molecule has 17 heavy (non-hydrogen) atoms. The number of hydrogen-bond acceptors (Lipinski definition) is 3. The Morgan fingerprint density at radius 2 is 2.18 bits per heavy atom. The van der Waals surface area contributed by atoms with E-state index < -0.39 is 6.10 Å². The standard InChI is InChI=1S/C12H10BrClO2S/c1-16-8-2-3-9(10(14)5-8)12(15)7-4-11(13)17-6-7/h2-6,12,15H,1H3. The van der Waals surface area contributed by atoms with E-state index in [1.165, 1.54) is 11.3 Å². The van der Waals surface area contributed by atoms with Gasteiger partial charge in [0.1, 0.15) is 11.9 Å². The second kappa shape index (κ2) is 5.40. The van der Waals surface area contributed by atoms with Crippen molar-refractivity contribution in [1.29, 1.82) is 0 Å². The topological polar surface area (TPSA) is 29.5 Å². The number of rotatable bonds is 3. The van der Waals surface area contributed by atoms with E-state index in [4.69, 9.17) is 16.3 Å². The van der Waals surface area contributed by atoms with Gasteiger partial charge >= 0.3 is 0 Å². The maximum atomic E-state index is 10.2. The van der Waals surface area contributed by atoms with Crippen molar-refractivity contribution in [3.8, 4) is 5.75 Å². The highest BCUT2D eigenvalue weighted by molar-refractivity contribution is 9.11. The number of hydrogen-bond donors (Lipinski definition) is 1. The summed E-state index contributed by atoms with van der Waals surface area (Å²) in [4.78, 5) is 0. The van der Waals surface area contributed by atoms with E-state index in [1.54, 1.807) is 25.3 Å². The van der Waals surface area contributed by atoms with E-state index in [9.17, 15) is 5.11 Å². The van der Waals surface area contributed by atoms with Gasteiger partial charge in [-0.05, 0) is 45.1 Å². The summed E-state index contributed by atoms with van der Waals surface area (Å²) in [5.41, 5.74) is 1.51. The minimum absolute atomic E-state index is 0.499. The van der Waals surface area contributed by atoms with E-state index >= 15 is 0 Å². The van der Waals surface area contributed by atoms with Gasteiger partial charge in [0, 0.05) is 5.56 Å². The van der Waals surface area contributed by atoms with Crippen molar-refractivity contribution in [2.45, 2.75) is 6.10 Å². The summed E-state index contributed by atoms with van der Waals surface area (Å²) in [5.74, 6) is 0.678. The third kappa shape index (κ3) is 2.83. The number of methoxy groups -OCH3 is 1. The normalized spacial score (nSPS) is 12.5. The molecule has 1 N–H and O–H groups in total. The van der Waals surface area contributed by atoms with Gasteiger partial charge in [0.2, 0.25) is 0 Å². The van der Waals surface area contributed by atoms with E-state index in [-0.39, 0.29) is 0 Å². The smallest absolute Gasteiger partial charge is 0.120 e. The Morgan fingerprint density at radius 3 is 2.71 bits per heavy atom. The van der Waals surface area contributed by atoms with Crippen LogP contribution in [-0.4, -0.2) is 12.2 Å². The van der Waals surface area contributed by atoms with Crippen molar-refractivity contribution >= 4 is 38.9 Å². The van der Waals surface area contributed by atoms with Crippen LogP contribution < -0.4 is 4.74 Å². The maximum Gasteiger partial charge on any atom is 0.120 e. The molecular formula is C12H10BrClO2S. The van der Waals surface area contributed by atoms with E-state index in [2.05, 4.69) is 15.9 Å². The number of halogens is 2. The van der Waals surface area contributed by atoms with Crippen molar-refractivity contribution in [3.05, 3.63) is 49.6 Å². The van der Waals surface area contributed by atoms with E-state index in [0.29, 0.717) is 16.3 Å². The Morgan fingerprint density at radius 1 is 1.41 bits per heavy atom. The Kier molecular flexibility index (Phi) is 4.09. The summed E-state index contributed by atoms with van der Waals surface area (Å²) in [6.45, 7) is 0. The average molecular weight is 334 g/mol. The highest BCUT2D eigenvalue weighted by Crippen LogP contribution is 2.34. The molecule has 0 fully saturated rings. The summed E-state index contributed by atoms with van der Waals surface area (Å²) in [5, 5.41) is 12.6. The number of thiophene rings is 1. The third-order valence-electron chi connectivity index (χ3n) is 2.41. The average Bonchev–Trinajstić information content (AvgIpc) is 2.75. The van der Waals surface area contributed by atoms with Crippen molar-refractivity contribution < 1.29 is 9.84 Å². The monoisotopic (exact) mass is 332 g/mol. The zero-order valence-electron chi connectivity index (χ0n) is 8.98. The molecule has 0 saturated heterocycles. The first-order valence-electron chi connectivity index (χ1n) is 4.87. The van der Waals surface area contributed by atoms with E-state index in [1.807, 2.05) is 11.4 Å². The number of ether oxygens (including phenoxy) is 1. The molecule has 0 radical (unpaired) electrons. The van der Waals surface area contributed by atoms with Gasteiger partial charge in [-0.15, -0.1) is 11.3 Å². The molecule has 1 atom stereocenters. The molecule has 1 aromatic carbocycles. The summed E-state index contributed by atoms with van der Waals surface area (Å²) < 4.78 is 6.05. The van der Waals surface area contributed by atoms with Gasteiger partial charge in [-0.3, -0.25) is 0 Å². The maximum absolute atomic E-state index is 10.2. The Balaban J connectivity index is 2.34. The molecule has 0 bridgehead atoms. The first-order chi connectivity index (χ1) is 8.11. The van der Waals surface area contributed by atoms with Crippen molar-refractivity contribution in [3.63, 3.8) is 0 Å². The van der Waals surface area contributed by atoms with Gasteiger partial charge < -0.3 is 9.84 Å². The fraction of sp³-hybridized carbons (Fsp3) is 0.167. The van der Waals surface area contributed by atoms with Crippen LogP contribution in [0.2, 0.25) is 5.02 Å². The quantitative estimate of drug-likeness (QED) is 0.909. The highest BCUT2D eigenvalue weighted by Gasteiger charge is 2.15. The predicted octanol–water partition coefficient (Wildman–Crippen LogP) is 4.25. The molecule has 0 amide bonds. The molecule has 2 aromatic rings. The third-order valence-corrected chi connectivity index (χ3v) is 4.26. The van der Waals surface area contributed by atoms with Crippen molar-refractivity contribution in [1.82, 2.24) is 0 Å². The van der Waals surface area contributed by atoms with Crippen LogP contribution in [-0.2, 0) is 0 Å². The van der Waals surface area contributed by atoms with Crippen molar-refractivity contribution in [2.75, 3.05) is 7.11 Å². The first kappa shape index (κ1) is 12.9. The SMILES string of the molecule is COc1ccc(C(O)c2csc(Br)c2)c(Cl)c1. The first-order valence-corrected chi connectivity index (χ1v) is 6.92. The minimum Gasteiger partial charge on any atom is -0.497 e. The highest BCUT2D eigenvalue weighted by atomic mass is 79.9. The van der Waals surface area contributed by atoms with Crippen LogP contribution in [0.5, 0.6) is 5.75 Å². The largest absolute Gasteiger partial charge is 0.497 e. The second-order valence-electron chi connectivity index (χ2n) is 3.47. The van der Waals surface area contributed by atoms with Crippen molar-refractivity contribution in [2.24, 2.45) is 0 Å². The summed E-state index contributed by atoms with van der Waals surface area (Å²) in [6, 6.07) is 7.14. The Labute approximate surface area is 117 Å². The molecule has 2 rings (SSSR count). The molecule has 1 aromatic heterocycles. The molecule has 0 spiro atoms. The summed E-state index contributed by atoms with van der Waals surface area (Å²) in [6.07, 6.45) is -0.712. The molecule has 5 heteroatoms. The Bertz CT molecular complexity index is 527. The lowest BCUT2D eigenvalue weighted by atomic mass is 10.0. The van der Waals surface area contributed by atoms with E-state index in [0.717, 1.165) is 9.35 Å². The van der Waals surface area contributed by atoms with Crippen LogP contribution in [0, 0.1) is 0 Å². The molecule has 0 aliphatic rings. The number of aliphatic hydroxyl groups is 1. The van der Waals surface area contributed by atoms with Gasteiger partial charge in [-0.25, -0.2) is 0 Å².